The molecule has 29 heavy (non-hydrogen) atoms. The molecule has 6 nitrogen and oxygen atoms in total. The van der Waals surface area contributed by atoms with Crippen LogP contribution >= 0.6 is 0 Å². The normalized spacial score (nSPS) is 15.4. The molecule has 1 saturated heterocycles. The third-order valence-corrected chi connectivity index (χ3v) is 5.37. The molecule has 0 radical (unpaired) electrons. The van der Waals surface area contributed by atoms with Crippen LogP contribution in [0.3, 0.4) is 0 Å². The maximum absolute atomic E-state index is 13.3. The van der Waals surface area contributed by atoms with Crippen LogP contribution in [0.15, 0.2) is 42.5 Å². The zero-order valence-corrected chi connectivity index (χ0v) is 16.2. The first-order chi connectivity index (χ1) is 14.1. The molecule has 0 atom stereocenters. The second-order valence-corrected chi connectivity index (χ2v) is 7.45. The number of hydrogen-bond donors (Lipinski definition) is 1. The van der Waals surface area contributed by atoms with Crippen molar-refractivity contribution in [3.63, 3.8) is 0 Å². The highest BCUT2D eigenvalue weighted by Crippen LogP contribution is 2.24. The lowest BCUT2D eigenvalue weighted by Gasteiger charge is -2.16. The summed E-state index contributed by atoms with van der Waals surface area (Å²) in [6, 6.07) is 12.3. The first-order valence-corrected chi connectivity index (χ1v) is 9.92. The zero-order chi connectivity index (χ0) is 20.2. The summed E-state index contributed by atoms with van der Waals surface area (Å²) in [5.74, 6) is -0.276. The number of anilines is 1. The number of cyclic esters (lactones) is 1. The largest absolute Gasteiger partial charge is 0.448 e. The molecule has 0 saturated carbocycles. The van der Waals surface area contributed by atoms with Gasteiger partial charge in [0.1, 0.15) is 12.4 Å². The molecule has 2 aliphatic rings. The van der Waals surface area contributed by atoms with E-state index in [-0.39, 0.29) is 17.9 Å². The van der Waals surface area contributed by atoms with Gasteiger partial charge in [-0.1, -0.05) is 18.2 Å². The summed E-state index contributed by atoms with van der Waals surface area (Å²) in [7, 11) is 0. The van der Waals surface area contributed by atoms with Gasteiger partial charge in [-0.3, -0.25) is 0 Å². The molecule has 3 amide bonds. The standard InChI is InChI=1S/C22H24FN3O3/c23-19-7-6-17-14-26(15-18(17)13-19)21(27)24-20-8-4-16(5-9-20)3-1-2-10-25-11-12-29-22(25)28/h4-9,13H,1-3,10-12,14-15H2,(H,24,27). The van der Waals surface area contributed by atoms with Gasteiger partial charge in [0, 0.05) is 25.3 Å². The molecule has 0 unspecified atom stereocenters. The SMILES string of the molecule is O=C(Nc1ccc(CCCCN2CCOC2=O)cc1)N1Cc2ccc(F)cc2C1. The monoisotopic (exact) mass is 397 g/mol. The van der Waals surface area contributed by atoms with Crippen LogP contribution in [0.25, 0.3) is 0 Å². The number of benzene rings is 2. The Hall–Kier alpha value is -3.09. The number of nitrogens with one attached hydrogen (secondary N) is 1. The molecule has 152 valence electrons. The Morgan fingerprint density at radius 3 is 2.62 bits per heavy atom. The fourth-order valence-corrected chi connectivity index (χ4v) is 3.72. The molecule has 2 heterocycles. The van der Waals surface area contributed by atoms with Gasteiger partial charge in [-0.25, -0.2) is 14.0 Å². The minimum atomic E-state index is -0.276. The summed E-state index contributed by atoms with van der Waals surface area (Å²) in [5.41, 5.74) is 3.77. The van der Waals surface area contributed by atoms with Crippen molar-refractivity contribution in [3.8, 4) is 0 Å². The summed E-state index contributed by atoms with van der Waals surface area (Å²) >= 11 is 0. The number of unbranched alkanes of at least 4 members (excludes halogenated alkanes) is 1. The van der Waals surface area contributed by atoms with E-state index in [1.165, 1.54) is 17.7 Å². The van der Waals surface area contributed by atoms with Crippen molar-refractivity contribution in [2.24, 2.45) is 0 Å². The van der Waals surface area contributed by atoms with Gasteiger partial charge in [-0.05, 0) is 60.2 Å². The molecule has 1 N–H and O–H groups in total. The van der Waals surface area contributed by atoms with Crippen LogP contribution in [0.5, 0.6) is 0 Å². The Morgan fingerprint density at radius 1 is 1.07 bits per heavy atom. The van der Waals surface area contributed by atoms with Gasteiger partial charge in [0.2, 0.25) is 0 Å². The number of amides is 3. The lowest BCUT2D eigenvalue weighted by Crippen LogP contribution is -2.30. The fraction of sp³-hybridized carbons (Fsp3) is 0.364. The highest BCUT2D eigenvalue weighted by Gasteiger charge is 2.24. The van der Waals surface area contributed by atoms with E-state index in [1.807, 2.05) is 24.3 Å². The predicted molar refractivity (Wildman–Crippen MR) is 107 cm³/mol. The van der Waals surface area contributed by atoms with E-state index in [0.29, 0.717) is 26.2 Å². The minimum absolute atomic E-state index is 0.188. The number of carbonyl (C=O) groups is 2. The summed E-state index contributed by atoms with van der Waals surface area (Å²) in [5, 5.41) is 2.90. The topological polar surface area (TPSA) is 61.9 Å². The van der Waals surface area contributed by atoms with E-state index in [0.717, 1.165) is 42.6 Å². The molecule has 4 rings (SSSR count). The smallest absolute Gasteiger partial charge is 0.409 e. The number of halogens is 1. The molecular weight excluding hydrogens is 373 g/mol. The molecule has 2 aliphatic heterocycles. The third-order valence-electron chi connectivity index (χ3n) is 5.37. The van der Waals surface area contributed by atoms with Crippen LogP contribution in [0, 0.1) is 5.82 Å². The lowest BCUT2D eigenvalue weighted by atomic mass is 10.1. The van der Waals surface area contributed by atoms with Gasteiger partial charge in [-0.15, -0.1) is 0 Å². The quantitative estimate of drug-likeness (QED) is 0.745. The maximum atomic E-state index is 13.3. The predicted octanol–water partition coefficient (Wildman–Crippen LogP) is 4.15. The van der Waals surface area contributed by atoms with Crippen LogP contribution in [-0.2, 0) is 24.2 Å². The van der Waals surface area contributed by atoms with E-state index in [1.54, 1.807) is 15.9 Å². The van der Waals surface area contributed by atoms with Gasteiger partial charge in [0.05, 0.1) is 6.54 Å². The number of rotatable bonds is 6. The lowest BCUT2D eigenvalue weighted by molar-refractivity contribution is 0.158. The molecule has 7 heteroatoms. The summed E-state index contributed by atoms with van der Waals surface area (Å²) in [6.07, 6.45) is 2.63. The van der Waals surface area contributed by atoms with Crippen LogP contribution in [0.1, 0.15) is 29.5 Å². The van der Waals surface area contributed by atoms with Crippen molar-refractivity contribution in [1.82, 2.24) is 9.80 Å². The van der Waals surface area contributed by atoms with Crippen LogP contribution in [-0.4, -0.2) is 41.6 Å². The Labute approximate surface area is 169 Å². The fourth-order valence-electron chi connectivity index (χ4n) is 3.72. The van der Waals surface area contributed by atoms with Crippen molar-refractivity contribution < 1.29 is 18.7 Å². The first kappa shape index (κ1) is 19.2. The van der Waals surface area contributed by atoms with Gasteiger partial charge in [-0.2, -0.15) is 0 Å². The van der Waals surface area contributed by atoms with E-state index in [9.17, 15) is 14.0 Å². The number of urea groups is 1. The van der Waals surface area contributed by atoms with Crippen molar-refractivity contribution >= 4 is 17.8 Å². The van der Waals surface area contributed by atoms with Crippen LogP contribution in [0.4, 0.5) is 19.7 Å². The van der Waals surface area contributed by atoms with Crippen molar-refractivity contribution in [1.29, 1.82) is 0 Å². The molecule has 1 fully saturated rings. The molecule has 0 spiro atoms. The average molecular weight is 397 g/mol. The molecule has 2 aromatic rings. The zero-order valence-electron chi connectivity index (χ0n) is 16.2. The molecule has 2 aromatic carbocycles. The molecule has 0 aromatic heterocycles. The van der Waals surface area contributed by atoms with Gasteiger partial charge >= 0.3 is 12.1 Å². The van der Waals surface area contributed by atoms with E-state index < -0.39 is 0 Å². The Balaban J connectivity index is 1.22. The number of carbonyl (C=O) groups excluding carboxylic acids is 2. The first-order valence-electron chi connectivity index (χ1n) is 9.92. The minimum Gasteiger partial charge on any atom is -0.448 e. The van der Waals surface area contributed by atoms with E-state index in [2.05, 4.69) is 5.32 Å². The Kier molecular flexibility index (Phi) is 5.64. The van der Waals surface area contributed by atoms with Gasteiger partial charge < -0.3 is 19.9 Å². The number of aryl methyl sites for hydroxylation is 1. The summed E-state index contributed by atoms with van der Waals surface area (Å²) in [4.78, 5) is 27.3. The van der Waals surface area contributed by atoms with Crippen LogP contribution in [0.2, 0.25) is 0 Å². The highest BCUT2D eigenvalue weighted by molar-refractivity contribution is 5.89. The van der Waals surface area contributed by atoms with E-state index in [4.69, 9.17) is 4.74 Å². The molecule has 0 aliphatic carbocycles. The molecule has 0 bridgehead atoms. The van der Waals surface area contributed by atoms with E-state index >= 15 is 0 Å². The van der Waals surface area contributed by atoms with Crippen LogP contribution < -0.4 is 5.32 Å². The second kappa shape index (κ2) is 8.51. The van der Waals surface area contributed by atoms with Crippen molar-refractivity contribution in [2.75, 3.05) is 25.0 Å². The van der Waals surface area contributed by atoms with Gasteiger partial charge in [0.25, 0.3) is 0 Å². The average Bonchev–Trinajstić information content (AvgIpc) is 3.32. The van der Waals surface area contributed by atoms with Gasteiger partial charge in [0.15, 0.2) is 0 Å². The summed E-state index contributed by atoms with van der Waals surface area (Å²) < 4.78 is 18.3. The second-order valence-electron chi connectivity index (χ2n) is 7.45. The number of nitrogens with zero attached hydrogens (tertiary/aromatic N) is 2. The van der Waals surface area contributed by atoms with Crippen molar-refractivity contribution in [3.05, 3.63) is 65.0 Å². The maximum Gasteiger partial charge on any atom is 0.409 e. The number of hydrogen-bond acceptors (Lipinski definition) is 3. The van der Waals surface area contributed by atoms with Crippen molar-refractivity contribution in [2.45, 2.75) is 32.4 Å². The highest BCUT2D eigenvalue weighted by atomic mass is 19.1. The number of fused-ring (bicyclic) bond motifs is 1. The number of ether oxygens (including phenoxy) is 1. The Morgan fingerprint density at radius 2 is 1.86 bits per heavy atom. The summed E-state index contributed by atoms with van der Waals surface area (Å²) in [6.45, 7) is 2.82. The Bertz CT molecular complexity index is 901. The molecular formula is C22H24FN3O3. The third kappa shape index (κ3) is 4.67.